The molecule has 3 amide bonds. The SMILES string of the molecule is CC(=O)Nc1ccc(N2C(=O)C(SCc3ccco3)=C(c3ccc(C)c(C)c3)C2=O)cc1. The van der Waals surface area contributed by atoms with Gasteiger partial charge in [0, 0.05) is 12.6 Å². The molecule has 2 heterocycles. The number of hydrogen-bond acceptors (Lipinski definition) is 5. The first-order chi connectivity index (χ1) is 15.3. The van der Waals surface area contributed by atoms with Crippen LogP contribution in [0.25, 0.3) is 5.57 Å². The number of anilines is 2. The maximum atomic E-state index is 13.5. The molecule has 0 atom stereocenters. The lowest BCUT2D eigenvalue weighted by atomic mass is 10.0. The van der Waals surface area contributed by atoms with Gasteiger partial charge in [0.2, 0.25) is 5.91 Å². The van der Waals surface area contributed by atoms with Crippen molar-refractivity contribution >= 4 is 46.4 Å². The van der Waals surface area contributed by atoms with Crippen molar-refractivity contribution in [2.75, 3.05) is 10.2 Å². The van der Waals surface area contributed by atoms with Crippen LogP contribution in [0.3, 0.4) is 0 Å². The molecule has 3 aromatic rings. The summed E-state index contributed by atoms with van der Waals surface area (Å²) in [6.45, 7) is 5.41. The van der Waals surface area contributed by atoms with Crippen LogP contribution in [0.5, 0.6) is 0 Å². The second-order valence-electron chi connectivity index (χ2n) is 7.54. The van der Waals surface area contributed by atoms with Gasteiger partial charge in [0.25, 0.3) is 11.8 Å². The van der Waals surface area contributed by atoms with Gasteiger partial charge < -0.3 is 9.73 Å². The molecule has 0 radical (unpaired) electrons. The number of carbonyl (C=O) groups excluding carboxylic acids is 3. The maximum absolute atomic E-state index is 13.5. The minimum absolute atomic E-state index is 0.193. The number of carbonyl (C=O) groups is 3. The summed E-state index contributed by atoms with van der Waals surface area (Å²) in [6, 6.07) is 16.0. The largest absolute Gasteiger partial charge is 0.468 e. The molecule has 1 aliphatic heterocycles. The average molecular weight is 447 g/mol. The van der Waals surface area contributed by atoms with Crippen LogP contribution >= 0.6 is 11.8 Å². The van der Waals surface area contributed by atoms with Crippen LogP contribution in [-0.4, -0.2) is 17.7 Å². The highest BCUT2D eigenvalue weighted by molar-refractivity contribution is 8.03. The molecule has 4 rings (SSSR count). The number of hydrogen-bond donors (Lipinski definition) is 1. The smallest absolute Gasteiger partial charge is 0.272 e. The fraction of sp³-hybridized carbons (Fsp3) is 0.160. The summed E-state index contributed by atoms with van der Waals surface area (Å²) in [4.78, 5) is 39.7. The molecule has 0 unspecified atom stereocenters. The molecule has 0 fully saturated rings. The van der Waals surface area contributed by atoms with Crippen LogP contribution < -0.4 is 10.2 Å². The van der Waals surface area contributed by atoms with Crippen LogP contribution in [0.15, 0.2) is 70.2 Å². The van der Waals surface area contributed by atoms with Crippen molar-refractivity contribution in [3.8, 4) is 0 Å². The van der Waals surface area contributed by atoms with Gasteiger partial charge in [0.1, 0.15) is 5.76 Å². The summed E-state index contributed by atoms with van der Waals surface area (Å²) in [5.74, 6) is 0.228. The first-order valence-corrected chi connectivity index (χ1v) is 11.1. The van der Waals surface area contributed by atoms with E-state index >= 15 is 0 Å². The topological polar surface area (TPSA) is 79.6 Å². The van der Waals surface area contributed by atoms with E-state index < -0.39 is 0 Å². The van der Waals surface area contributed by atoms with Crippen LogP contribution in [0, 0.1) is 13.8 Å². The number of aryl methyl sites for hydroxylation is 2. The molecule has 0 spiro atoms. The Hall–Kier alpha value is -3.58. The fourth-order valence-electron chi connectivity index (χ4n) is 3.46. The zero-order valence-corrected chi connectivity index (χ0v) is 18.8. The quantitative estimate of drug-likeness (QED) is 0.535. The molecule has 0 saturated carbocycles. The molecule has 2 aromatic carbocycles. The number of rotatable bonds is 6. The van der Waals surface area contributed by atoms with Gasteiger partial charge in [-0.25, -0.2) is 4.90 Å². The van der Waals surface area contributed by atoms with Crippen LogP contribution in [0.2, 0.25) is 0 Å². The average Bonchev–Trinajstić information content (AvgIpc) is 3.35. The number of amides is 3. The highest BCUT2D eigenvalue weighted by Crippen LogP contribution is 2.40. The molecule has 1 N–H and O–H groups in total. The van der Waals surface area contributed by atoms with Crippen LogP contribution in [-0.2, 0) is 20.1 Å². The molecule has 0 aliphatic carbocycles. The van der Waals surface area contributed by atoms with Gasteiger partial charge in [-0.05, 0) is 66.9 Å². The van der Waals surface area contributed by atoms with Crippen LogP contribution in [0.4, 0.5) is 11.4 Å². The van der Waals surface area contributed by atoms with E-state index in [1.807, 2.05) is 38.1 Å². The van der Waals surface area contributed by atoms with Crippen LogP contribution in [0.1, 0.15) is 29.4 Å². The lowest BCUT2D eigenvalue weighted by molar-refractivity contribution is -0.120. The molecule has 0 saturated heterocycles. The molecule has 1 aliphatic rings. The third-order valence-electron chi connectivity index (χ3n) is 5.22. The third kappa shape index (κ3) is 4.24. The second-order valence-corrected chi connectivity index (χ2v) is 8.53. The van der Waals surface area contributed by atoms with E-state index in [0.29, 0.717) is 33.2 Å². The molecule has 6 nitrogen and oxygen atoms in total. The van der Waals surface area contributed by atoms with Gasteiger partial charge in [0.05, 0.1) is 28.2 Å². The monoisotopic (exact) mass is 446 g/mol. The van der Waals surface area contributed by atoms with E-state index in [1.165, 1.54) is 23.6 Å². The summed E-state index contributed by atoms with van der Waals surface area (Å²) in [6.07, 6.45) is 1.58. The predicted molar refractivity (Wildman–Crippen MR) is 126 cm³/mol. The zero-order valence-electron chi connectivity index (χ0n) is 18.0. The van der Waals surface area contributed by atoms with Gasteiger partial charge in [0.15, 0.2) is 0 Å². The Morgan fingerprint density at radius 1 is 1.00 bits per heavy atom. The summed E-state index contributed by atoms with van der Waals surface area (Å²) < 4.78 is 5.40. The van der Waals surface area contributed by atoms with Gasteiger partial charge in [-0.15, -0.1) is 11.8 Å². The Kier molecular flexibility index (Phi) is 6.01. The van der Waals surface area contributed by atoms with Gasteiger partial charge in [-0.1, -0.05) is 18.2 Å². The Morgan fingerprint density at radius 2 is 1.75 bits per heavy atom. The first-order valence-electron chi connectivity index (χ1n) is 10.1. The highest BCUT2D eigenvalue weighted by atomic mass is 32.2. The van der Waals surface area contributed by atoms with Gasteiger partial charge >= 0.3 is 0 Å². The van der Waals surface area contributed by atoms with E-state index in [4.69, 9.17) is 4.42 Å². The number of nitrogens with zero attached hydrogens (tertiary/aromatic N) is 1. The minimum atomic E-state index is -0.368. The van der Waals surface area contributed by atoms with E-state index in [0.717, 1.165) is 16.9 Å². The Labute approximate surface area is 190 Å². The number of benzene rings is 2. The molecule has 162 valence electrons. The maximum Gasteiger partial charge on any atom is 0.272 e. The van der Waals surface area contributed by atoms with Crippen molar-refractivity contribution in [3.05, 3.63) is 88.2 Å². The standard InChI is InChI=1S/C25H22N2O4S/c1-15-6-7-18(13-16(15)2)22-23(32-14-21-5-4-12-31-21)25(30)27(24(22)29)20-10-8-19(9-11-20)26-17(3)28/h4-13H,14H2,1-3H3,(H,26,28). The summed E-state index contributed by atoms with van der Waals surface area (Å²) in [5, 5.41) is 2.68. The van der Waals surface area contributed by atoms with Crippen molar-refractivity contribution < 1.29 is 18.8 Å². The minimum Gasteiger partial charge on any atom is -0.468 e. The summed E-state index contributed by atoms with van der Waals surface area (Å²) >= 11 is 1.29. The van der Waals surface area contributed by atoms with E-state index in [2.05, 4.69) is 5.32 Å². The first kappa shape index (κ1) is 21.6. The number of thioether (sulfide) groups is 1. The Bertz CT molecular complexity index is 1230. The highest BCUT2D eigenvalue weighted by Gasteiger charge is 2.40. The molecule has 7 heteroatoms. The van der Waals surface area contributed by atoms with E-state index in [9.17, 15) is 14.4 Å². The van der Waals surface area contributed by atoms with Crippen molar-refractivity contribution in [3.63, 3.8) is 0 Å². The molecular weight excluding hydrogens is 424 g/mol. The zero-order chi connectivity index (χ0) is 22.8. The molecule has 32 heavy (non-hydrogen) atoms. The Morgan fingerprint density at radius 3 is 2.38 bits per heavy atom. The van der Waals surface area contributed by atoms with Crippen molar-refractivity contribution in [2.24, 2.45) is 0 Å². The van der Waals surface area contributed by atoms with Gasteiger partial charge in [-0.3, -0.25) is 14.4 Å². The van der Waals surface area contributed by atoms with Crippen molar-refractivity contribution in [1.29, 1.82) is 0 Å². The number of nitrogens with one attached hydrogen (secondary N) is 1. The van der Waals surface area contributed by atoms with Gasteiger partial charge in [-0.2, -0.15) is 0 Å². The van der Waals surface area contributed by atoms with Crippen molar-refractivity contribution in [1.82, 2.24) is 0 Å². The van der Waals surface area contributed by atoms with Crippen molar-refractivity contribution in [2.45, 2.75) is 26.5 Å². The Balaban J connectivity index is 1.71. The lowest BCUT2D eigenvalue weighted by Crippen LogP contribution is -2.31. The van der Waals surface area contributed by atoms with E-state index in [1.54, 1.807) is 36.6 Å². The molecule has 0 bridgehead atoms. The fourth-order valence-corrected chi connectivity index (χ4v) is 4.48. The third-order valence-corrected chi connectivity index (χ3v) is 6.32. The molecular formula is C25H22N2O4S. The lowest BCUT2D eigenvalue weighted by Gasteiger charge is -2.16. The summed E-state index contributed by atoms with van der Waals surface area (Å²) in [5.41, 5.74) is 4.30. The summed E-state index contributed by atoms with van der Waals surface area (Å²) in [7, 11) is 0. The normalized spacial score (nSPS) is 13.8. The number of furan rings is 1. The van der Waals surface area contributed by atoms with E-state index in [-0.39, 0.29) is 17.7 Å². The predicted octanol–water partition coefficient (Wildman–Crippen LogP) is 5.07. The second kappa shape index (κ2) is 8.88. The molecule has 1 aromatic heterocycles. The number of imide groups is 1.